The Bertz CT molecular complexity index is 3000. The van der Waals surface area contributed by atoms with E-state index in [4.69, 9.17) is 21.1 Å². The molecule has 16 nitrogen and oxygen atoms in total. The summed E-state index contributed by atoms with van der Waals surface area (Å²) in [4.78, 5) is 59.8. The summed E-state index contributed by atoms with van der Waals surface area (Å²) in [6, 6.07) is 20.3. The van der Waals surface area contributed by atoms with Crippen LogP contribution in [0.15, 0.2) is 97.0 Å². The molecule has 2 aliphatic heterocycles. The standard InChI is InChI=1S/C54H59ClN10O6S/c1-30(2)46(50(69)64-26-39(66)20-43(64)49(68)61-31(3)33-9-11-34(12-10-33)47-32(4)59-29-72-47)65-25-38(24-60-65)35-17-18-57-45(19-35)70-41-27-63(28-41)44-16-14-37(23-58-44)48(67)62-51-53(5,6)52(54(51,7)8)71-40-15-13-36(22-56)42(55)21-40/h9-19,21,23-25,29-31,39,41,43,46,51-52,66H,20,26-28H2,1-8H3,(H,61,68)(H,62,67)/t31-,39+,43-,46?,51?,52?/m0/s1. The molecule has 6 aromatic rings. The Labute approximate surface area is 428 Å². The maximum absolute atomic E-state index is 14.4. The highest BCUT2D eigenvalue weighted by Gasteiger charge is 2.64. The highest BCUT2D eigenvalue weighted by molar-refractivity contribution is 7.13. The SMILES string of the molecule is Cc1ncsc1-c1ccc([C@H](C)NC(=O)[C@@H]2C[C@@H](O)CN2C(=O)C(C(C)C)n2cc(-c3ccnc(OC4CN(c5ccc(C(=O)NC6C(C)(C)C(Oc7ccc(C#N)c(Cl)c7)C6(C)C)cn5)C4)c3)cn2)cc1. The molecule has 374 valence electrons. The number of anilines is 1. The topological polar surface area (TPSA) is 201 Å². The van der Waals surface area contributed by atoms with E-state index in [1.807, 2.05) is 81.9 Å². The molecule has 72 heavy (non-hydrogen) atoms. The Morgan fingerprint density at radius 3 is 2.31 bits per heavy atom. The molecule has 18 heteroatoms. The van der Waals surface area contributed by atoms with Gasteiger partial charge in [-0.15, -0.1) is 11.3 Å². The first-order chi connectivity index (χ1) is 34.3. The van der Waals surface area contributed by atoms with Crippen molar-refractivity contribution in [2.75, 3.05) is 24.5 Å². The first-order valence-electron chi connectivity index (χ1n) is 24.2. The van der Waals surface area contributed by atoms with Gasteiger partial charge in [0, 0.05) is 66.1 Å². The molecular weight excluding hydrogens is 952 g/mol. The number of carbonyl (C=O) groups excluding carboxylic acids is 3. The number of pyridine rings is 2. The molecule has 0 radical (unpaired) electrons. The van der Waals surface area contributed by atoms with Gasteiger partial charge in [0.05, 0.1) is 63.7 Å². The van der Waals surface area contributed by atoms with Crippen LogP contribution in [0.2, 0.25) is 5.02 Å². The minimum atomic E-state index is -0.840. The van der Waals surface area contributed by atoms with Gasteiger partial charge in [-0.3, -0.25) is 19.1 Å². The zero-order valence-electron chi connectivity index (χ0n) is 41.5. The Morgan fingerprint density at radius 2 is 1.65 bits per heavy atom. The number of halogens is 1. The molecule has 1 unspecified atom stereocenters. The van der Waals surface area contributed by atoms with E-state index in [-0.39, 0.29) is 60.9 Å². The van der Waals surface area contributed by atoms with Gasteiger partial charge in [-0.05, 0) is 66.8 Å². The Balaban J connectivity index is 0.776. The quantitative estimate of drug-likeness (QED) is 0.0892. The van der Waals surface area contributed by atoms with Crippen molar-refractivity contribution in [3.63, 3.8) is 0 Å². The molecule has 4 aromatic heterocycles. The number of aromatic nitrogens is 5. The third kappa shape index (κ3) is 9.87. The van der Waals surface area contributed by atoms with Crippen molar-refractivity contribution in [1.29, 1.82) is 5.26 Å². The number of hydrogen-bond donors (Lipinski definition) is 3. The number of aliphatic hydroxyl groups excluding tert-OH is 1. The normalized spacial score (nSPS) is 21.0. The first kappa shape index (κ1) is 50.1. The summed E-state index contributed by atoms with van der Waals surface area (Å²) in [5.74, 6) is 0.723. The first-order valence-corrected chi connectivity index (χ1v) is 25.4. The maximum Gasteiger partial charge on any atom is 0.253 e. The predicted molar refractivity (Wildman–Crippen MR) is 275 cm³/mol. The van der Waals surface area contributed by atoms with Crippen LogP contribution in [0.1, 0.15) is 94.1 Å². The van der Waals surface area contributed by atoms with Crippen LogP contribution in [-0.4, -0.2) is 102 Å². The van der Waals surface area contributed by atoms with Crippen molar-refractivity contribution in [1.82, 2.24) is 40.3 Å². The lowest BCUT2D eigenvalue weighted by Crippen LogP contribution is -2.74. The number of carbonyl (C=O) groups is 3. The largest absolute Gasteiger partial charge is 0.489 e. The number of rotatable bonds is 15. The predicted octanol–water partition coefficient (Wildman–Crippen LogP) is 8.21. The van der Waals surface area contributed by atoms with E-state index in [2.05, 4.69) is 69.3 Å². The lowest BCUT2D eigenvalue weighted by molar-refractivity contribution is -0.164. The van der Waals surface area contributed by atoms with Gasteiger partial charge in [0.15, 0.2) is 0 Å². The number of thiazole rings is 1. The van der Waals surface area contributed by atoms with E-state index < -0.39 is 29.0 Å². The average molecular weight is 1010 g/mol. The fraction of sp³-hybridized carbons (Fsp3) is 0.407. The fourth-order valence-corrected chi connectivity index (χ4v) is 11.8. The van der Waals surface area contributed by atoms with E-state index in [0.717, 1.165) is 38.6 Å². The summed E-state index contributed by atoms with van der Waals surface area (Å²) in [5, 5.41) is 31.3. The lowest BCUT2D eigenvalue weighted by atomic mass is 9.49. The van der Waals surface area contributed by atoms with E-state index >= 15 is 0 Å². The zero-order chi connectivity index (χ0) is 51.2. The second-order valence-electron chi connectivity index (χ2n) is 20.6. The van der Waals surface area contributed by atoms with Crippen LogP contribution >= 0.6 is 22.9 Å². The summed E-state index contributed by atoms with van der Waals surface area (Å²) < 4.78 is 14.3. The molecule has 2 saturated heterocycles. The van der Waals surface area contributed by atoms with Crippen LogP contribution in [0, 0.1) is 35.0 Å². The molecule has 6 heterocycles. The molecular formula is C54H59ClN10O6S. The number of hydrogen-bond acceptors (Lipinski definition) is 13. The lowest BCUT2D eigenvalue weighted by Gasteiger charge is -2.63. The van der Waals surface area contributed by atoms with E-state index in [1.54, 1.807) is 58.9 Å². The van der Waals surface area contributed by atoms with Gasteiger partial charge in [-0.25, -0.2) is 15.0 Å². The minimum absolute atomic E-state index is 0.0453. The van der Waals surface area contributed by atoms with E-state index in [9.17, 15) is 24.8 Å². The van der Waals surface area contributed by atoms with Gasteiger partial charge in [-0.1, -0.05) is 77.4 Å². The Hall–Kier alpha value is -6.87. The van der Waals surface area contributed by atoms with Crippen molar-refractivity contribution in [3.8, 4) is 39.3 Å². The van der Waals surface area contributed by atoms with Gasteiger partial charge in [0.25, 0.3) is 5.91 Å². The van der Waals surface area contributed by atoms with Gasteiger partial charge < -0.3 is 35.0 Å². The second kappa shape index (κ2) is 20.0. The molecule has 9 rings (SSSR count). The number of likely N-dealkylation sites (tertiary alicyclic amines) is 1. The third-order valence-electron chi connectivity index (χ3n) is 14.4. The number of nitrogens with one attached hydrogen (secondary N) is 2. The maximum atomic E-state index is 14.4. The summed E-state index contributed by atoms with van der Waals surface area (Å²) >= 11 is 7.85. The monoisotopic (exact) mass is 1010 g/mol. The van der Waals surface area contributed by atoms with E-state index in [1.165, 1.54) is 4.90 Å². The van der Waals surface area contributed by atoms with Crippen molar-refractivity contribution >= 4 is 46.5 Å². The van der Waals surface area contributed by atoms with Crippen LogP contribution in [0.4, 0.5) is 5.82 Å². The highest BCUT2D eigenvalue weighted by atomic mass is 35.5. The van der Waals surface area contributed by atoms with Crippen molar-refractivity contribution < 1.29 is 29.0 Å². The Morgan fingerprint density at radius 1 is 0.903 bits per heavy atom. The van der Waals surface area contributed by atoms with Crippen LogP contribution in [0.3, 0.4) is 0 Å². The number of aliphatic hydroxyl groups is 1. The molecule has 1 aliphatic carbocycles. The summed E-state index contributed by atoms with van der Waals surface area (Å²) in [5.41, 5.74) is 6.36. The van der Waals surface area contributed by atoms with Crippen LogP contribution < -0.4 is 25.0 Å². The van der Waals surface area contributed by atoms with Crippen LogP contribution in [0.5, 0.6) is 11.6 Å². The number of β-amino-alcohol motifs (C(OH)–C–C–N with tert-alkyl or cyclic N) is 1. The highest BCUT2D eigenvalue weighted by Crippen LogP contribution is 2.55. The molecule has 1 saturated carbocycles. The average Bonchev–Trinajstić information content (AvgIpc) is 4.11. The molecule has 3 aliphatic rings. The fourth-order valence-electron chi connectivity index (χ4n) is 10.8. The summed E-state index contributed by atoms with van der Waals surface area (Å²) in [6.07, 6.45) is 5.70. The number of nitrogens with zero attached hydrogens (tertiary/aromatic N) is 8. The van der Waals surface area contributed by atoms with Crippen molar-refractivity contribution in [2.45, 2.75) is 104 Å². The number of amides is 3. The van der Waals surface area contributed by atoms with Crippen LogP contribution in [-0.2, 0) is 9.59 Å². The molecule has 0 bridgehead atoms. The van der Waals surface area contributed by atoms with E-state index in [0.29, 0.717) is 40.9 Å². The Kier molecular flexibility index (Phi) is 13.9. The second-order valence-corrected chi connectivity index (χ2v) is 21.9. The summed E-state index contributed by atoms with van der Waals surface area (Å²) in [6.45, 7) is 17.2. The number of benzene rings is 2. The molecule has 3 N–H and O–H groups in total. The third-order valence-corrected chi connectivity index (χ3v) is 15.7. The smallest absolute Gasteiger partial charge is 0.253 e. The van der Waals surface area contributed by atoms with Gasteiger partial charge >= 0.3 is 0 Å². The molecule has 4 atom stereocenters. The van der Waals surface area contributed by atoms with Crippen LogP contribution in [0.25, 0.3) is 21.6 Å². The summed E-state index contributed by atoms with van der Waals surface area (Å²) in [7, 11) is 0. The van der Waals surface area contributed by atoms with Crippen molar-refractivity contribution in [3.05, 3.63) is 124 Å². The van der Waals surface area contributed by atoms with Gasteiger partial charge in [0.1, 0.15) is 41.9 Å². The molecule has 0 spiro atoms. The van der Waals surface area contributed by atoms with Crippen molar-refractivity contribution in [2.24, 2.45) is 16.7 Å². The molecule has 3 fully saturated rings. The number of ether oxygens (including phenoxy) is 2. The molecule has 2 aromatic carbocycles. The number of nitriles is 1. The van der Waals surface area contributed by atoms with Gasteiger partial charge in [-0.2, -0.15) is 10.4 Å². The zero-order valence-corrected chi connectivity index (χ0v) is 43.1. The molecule has 3 amide bonds. The minimum Gasteiger partial charge on any atom is -0.489 e. The number of aryl methyl sites for hydroxylation is 1. The van der Waals surface area contributed by atoms with Gasteiger partial charge in [0.2, 0.25) is 17.7 Å².